The SMILES string of the molecule is C=CNCc1ccc(F)cc1F. The summed E-state index contributed by atoms with van der Waals surface area (Å²) in [5.74, 6) is -1.10. The van der Waals surface area contributed by atoms with Crippen LogP contribution in [0.2, 0.25) is 0 Å². The Bertz CT molecular complexity index is 284. The zero-order valence-corrected chi connectivity index (χ0v) is 6.48. The van der Waals surface area contributed by atoms with Crippen LogP contribution in [-0.2, 0) is 6.54 Å². The smallest absolute Gasteiger partial charge is 0.131 e. The van der Waals surface area contributed by atoms with Crippen molar-refractivity contribution in [2.45, 2.75) is 6.54 Å². The van der Waals surface area contributed by atoms with Crippen molar-refractivity contribution in [3.05, 3.63) is 48.2 Å². The molecule has 0 unspecified atom stereocenters. The molecule has 1 rings (SSSR count). The van der Waals surface area contributed by atoms with Gasteiger partial charge in [-0.05, 0) is 12.3 Å². The first kappa shape index (κ1) is 8.71. The van der Waals surface area contributed by atoms with Gasteiger partial charge in [0.2, 0.25) is 0 Å². The van der Waals surface area contributed by atoms with Crippen LogP contribution in [0.3, 0.4) is 0 Å². The number of hydrogen-bond donors (Lipinski definition) is 1. The molecule has 0 bridgehead atoms. The first-order valence-corrected chi connectivity index (χ1v) is 3.52. The van der Waals surface area contributed by atoms with Crippen LogP contribution in [0.5, 0.6) is 0 Å². The van der Waals surface area contributed by atoms with Crippen molar-refractivity contribution in [3.8, 4) is 0 Å². The summed E-state index contributed by atoms with van der Waals surface area (Å²) >= 11 is 0. The second-order valence-corrected chi connectivity index (χ2v) is 2.32. The third kappa shape index (κ3) is 2.05. The maximum atomic E-state index is 12.9. The molecule has 12 heavy (non-hydrogen) atoms. The third-order valence-electron chi connectivity index (χ3n) is 1.45. The van der Waals surface area contributed by atoms with E-state index in [1.54, 1.807) is 0 Å². The van der Waals surface area contributed by atoms with Crippen molar-refractivity contribution in [2.75, 3.05) is 0 Å². The maximum absolute atomic E-state index is 12.9. The second-order valence-electron chi connectivity index (χ2n) is 2.32. The van der Waals surface area contributed by atoms with Crippen molar-refractivity contribution in [2.24, 2.45) is 0 Å². The highest BCUT2D eigenvalue weighted by Crippen LogP contribution is 2.08. The zero-order chi connectivity index (χ0) is 8.97. The Hall–Kier alpha value is -1.38. The lowest BCUT2D eigenvalue weighted by Gasteiger charge is -2.01. The molecule has 0 saturated carbocycles. The molecule has 0 aromatic heterocycles. The topological polar surface area (TPSA) is 12.0 Å². The number of benzene rings is 1. The van der Waals surface area contributed by atoms with Crippen molar-refractivity contribution in [1.82, 2.24) is 5.32 Å². The Morgan fingerprint density at radius 1 is 1.42 bits per heavy atom. The van der Waals surface area contributed by atoms with E-state index in [1.165, 1.54) is 18.3 Å². The summed E-state index contributed by atoms with van der Waals surface area (Å²) in [7, 11) is 0. The minimum atomic E-state index is -0.560. The van der Waals surface area contributed by atoms with Crippen molar-refractivity contribution < 1.29 is 8.78 Å². The van der Waals surface area contributed by atoms with Gasteiger partial charge in [-0.3, -0.25) is 0 Å². The van der Waals surface area contributed by atoms with Gasteiger partial charge in [0, 0.05) is 18.2 Å². The highest BCUT2D eigenvalue weighted by atomic mass is 19.1. The summed E-state index contributed by atoms with van der Waals surface area (Å²) in [5, 5.41) is 2.73. The Kier molecular flexibility index (Phi) is 2.80. The van der Waals surface area contributed by atoms with Crippen LogP contribution in [0.15, 0.2) is 31.0 Å². The normalized spacial score (nSPS) is 9.50. The van der Waals surface area contributed by atoms with Crippen LogP contribution in [0.4, 0.5) is 8.78 Å². The zero-order valence-electron chi connectivity index (χ0n) is 6.48. The first-order valence-electron chi connectivity index (χ1n) is 3.52. The van der Waals surface area contributed by atoms with E-state index in [4.69, 9.17) is 0 Å². The number of hydrogen-bond acceptors (Lipinski definition) is 1. The quantitative estimate of drug-likeness (QED) is 0.731. The van der Waals surface area contributed by atoms with Gasteiger partial charge in [0.05, 0.1) is 0 Å². The first-order chi connectivity index (χ1) is 5.74. The van der Waals surface area contributed by atoms with Gasteiger partial charge < -0.3 is 5.32 Å². The molecule has 1 aromatic carbocycles. The average Bonchev–Trinajstić information content (AvgIpc) is 2.03. The predicted molar refractivity (Wildman–Crippen MR) is 43.4 cm³/mol. The molecular formula is C9H9F2N. The van der Waals surface area contributed by atoms with Gasteiger partial charge >= 0.3 is 0 Å². The summed E-state index contributed by atoms with van der Waals surface area (Å²) in [6.07, 6.45) is 1.46. The van der Waals surface area contributed by atoms with Crippen molar-refractivity contribution >= 4 is 0 Å². The van der Waals surface area contributed by atoms with Crippen LogP contribution >= 0.6 is 0 Å². The molecule has 64 valence electrons. The summed E-state index contributed by atoms with van der Waals surface area (Å²) in [6.45, 7) is 3.74. The van der Waals surface area contributed by atoms with Crippen LogP contribution in [0.1, 0.15) is 5.56 Å². The standard InChI is InChI=1S/C9H9F2N/c1-2-12-6-7-3-4-8(10)5-9(7)11/h2-5,12H,1,6H2. The molecule has 1 aromatic rings. The van der Waals surface area contributed by atoms with Crippen LogP contribution in [0.25, 0.3) is 0 Å². The summed E-state index contributed by atoms with van der Waals surface area (Å²) in [5.41, 5.74) is 0.427. The lowest BCUT2D eigenvalue weighted by atomic mass is 10.2. The Balaban J connectivity index is 2.78. The van der Waals surface area contributed by atoms with Gasteiger partial charge in [-0.25, -0.2) is 8.78 Å². The largest absolute Gasteiger partial charge is 0.387 e. The molecular weight excluding hydrogens is 160 g/mol. The highest BCUT2D eigenvalue weighted by Gasteiger charge is 2.01. The van der Waals surface area contributed by atoms with Crippen LogP contribution in [-0.4, -0.2) is 0 Å². The molecule has 1 N–H and O–H groups in total. The second kappa shape index (κ2) is 3.85. The van der Waals surface area contributed by atoms with Crippen LogP contribution in [0, 0.1) is 11.6 Å². The molecule has 0 radical (unpaired) electrons. The molecule has 0 saturated heterocycles. The van der Waals surface area contributed by atoms with E-state index < -0.39 is 11.6 Å². The van der Waals surface area contributed by atoms with E-state index in [1.807, 2.05) is 0 Å². The van der Waals surface area contributed by atoms with E-state index in [0.717, 1.165) is 6.07 Å². The molecule has 0 heterocycles. The maximum Gasteiger partial charge on any atom is 0.131 e. The highest BCUT2D eigenvalue weighted by molar-refractivity contribution is 5.18. The predicted octanol–water partition coefficient (Wildman–Crippen LogP) is 2.20. The fourth-order valence-electron chi connectivity index (χ4n) is 0.847. The van der Waals surface area contributed by atoms with E-state index in [-0.39, 0.29) is 0 Å². The molecule has 0 fully saturated rings. The molecule has 3 heteroatoms. The Morgan fingerprint density at radius 2 is 2.17 bits per heavy atom. The lowest BCUT2D eigenvalue weighted by Crippen LogP contribution is -2.05. The summed E-state index contributed by atoms with van der Waals surface area (Å²) in [4.78, 5) is 0. The summed E-state index contributed by atoms with van der Waals surface area (Å²) in [6, 6.07) is 3.49. The molecule has 0 amide bonds. The molecule has 0 aliphatic rings. The number of halogens is 2. The van der Waals surface area contributed by atoms with Crippen molar-refractivity contribution in [3.63, 3.8) is 0 Å². The fourth-order valence-corrected chi connectivity index (χ4v) is 0.847. The van der Waals surface area contributed by atoms with Gasteiger partial charge in [0.1, 0.15) is 11.6 Å². The van der Waals surface area contributed by atoms with E-state index in [0.29, 0.717) is 12.1 Å². The van der Waals surface area contributed by atoms with Crippen molar-refractivity contribution in [1.29, 1.82) is 0 Å². The van der Waals surface area contributed by atoms with Gasteiger partial charge in [0.15, 0.2) is 0 Å². The van der Waals surface area contributed by atoms with Gasteiger partial charge in [-0.1, -0.05) is 12.6 Å². The van der Waals surface area contributed by atoms with Gasteiger partial charge in [-0.2, -0.15) is 0 Å². The minimum absolute atomic E-state index is 0.329. The summed E-state index contributed by atoms with van der Waals surface area (Å²) < 4.78 is 25.2. The molecule has 0 spiro atoms. The number of nitrogens with one attached hydrogen (secondary N) is 1. The van der Waals surface area contributed by atoms with Gasteiger partial charge in [0.25, 0.3) is 0 Å². The fraction of sp³-hybridized carbons (Fsp3) is 0.111. The van der Waals surface area contributed by atoms with E-state index in [9.17, 15) is 8.78 Å². The monoisotopic (exact) mass is 169 g/mol. The molecule has 1 nitrogen and oxygen atoms in total. The minimum Gasteiger partial charge on any atom is -0.387 e. The average molecular weight is 169 g/mol. The lowest BCUT2D eigenvalue weighted by molar-refractivity contribution is 0.569. The van der Waals surface area contributed by atoms with Gasteiger partial charge in [-0.15, -0.1) is 0 Å². The molecule has 0 atom stereocenters. The number of rotatable bonds is 3. The molecule has 0 aliphatic heterocycles. The van der Waals surface area contributed by atoms with E-state index >= 15 is 0 Å². The van der Waals surface area contributed by atoms with E-state index in [2.05, 4.69) is 11.9 Å². The Labute approximate surface area is 69.7 Å². The third-order valence-corrected chi connectivity index (χ3v) is 1.45. The Morgan fingerprint density at radius 3 is 2.75 bits per heavy atom. The van der Waals surface area contributed by atoms with Crippen LogP contribution < -0.4 is 5.32 Å². The molecule has 0 aliphatic carbocycles.